The van der Waals surface area contributed by atoms with Gasteiger partial charge in [-0.25, -0.2) is 4.98 Å². The van der Waals surface area contributed by atoms with Crippen LogP contribution < -0.4 is 10.6 Å². The van der Waals surface area contributed by atoms with Crippen molar-refractivity contribution in [3.63, 3.8) is 0 Å². The fraction of sp³-hybridized carbons (Fsp3) is 0.375. The van der Waals surface area contributed by atoms with E-state index in [0.717, 1.165) is 28.8 Å². The fourth-order valence-corrected chi connectivity index (χ4v) is 3.13. The molecule has 1 atom stereocenters. The molecule has 0 aliphatic carbocycles. The summed E-state index contributed by atoms with van der Waals surface area (Å²) in [5.74, 6) is 0.0365. The van der Waals surface area contributed by atoms with E-state index in [2.05, 4.69) is 4.98 Å². The number of benzene rings is 1. The van der Waals surface area contributed by atoms with E-state index < -0.39 is 11.5 Å². The molecule has 22 heavy (non-hydrogen) atoms. The van der Waals surface area contributed by atoms with E-state index in [1.54, 1.807) is 0 Å². The normalized spacial score (nSPS) is 22.0. The van der Waals surface area contributed by atoms with Gasteiger partial charge in [0.2, 0.25) is 0 Å². The second-order valence-electron chi connectivity index (χ2n) is 5.85. The van der Waals surface area contributed by atoms with Crippen molar-refractivity contribution >= 4 is 34.2 Å². The van der Waals surface area contributed by atoms with Crippen LogP contribution in [0.15, 0.2) is 24.3 Å². The summed E-state index contributed by atoms with van der Waals surface area (Å²) in [4.78, 5) is 18.0. The first-order valence-electron chi connectivity index (χ1n) is 7.24. The van der Waals surface area contributed by atoms with Crippen molar-refractivity contribution in [1.29, 1.82) is 0 Å². The first-order valence-corrected chi connectivity index (χ1v) is 7.62. The fourth-order valence-electron chi connectivity index (χ4n) is 2.92. The van der Waals surface area contributed by atoms with Crippen LogP contribution in [0, 0.1) is 6.92 Å². The molecule has 1 aliphatic heterocycles. The number of aromatic nitrogens is 1. The highest BCUT2D eigenvalue weighted by atomic mass is 35.5. The minimum atomic E-state index is -1.49. The molecule has 3 N–H and O–H groups in total. The number of hydrogen-bond acceptors (Lipinski definition) is 4. The van der Waals surface area contributed by atoms with E-state index in [1.165, 1.54) is 0 Å². The molecule has 1 aromatic heterocycles. The molecule has 2 heterocycles. The Morgan fingerprint density at radius 1 is 1.41 bits per heavy atom. The first kappa shape index (κ1) is 15.1. The summed E-state index contributed by atoms with van der Waals surface area (Å²) < 4.78 is 0. The van der Waals surface area contributed by atoms with Gasteiger partial charge in [-0.05, 0) is 43.5 Å². The van der Waals surface area contributed by atoms with Gasteiger partial charge >= 0.3 is 0 Å². The number of nitrogens with two attached hydrogens (primary N) is 1. The number of aliphatic hydroxyl groups is 1. The third-order valence-corrected chi connectivity index (χ3v) is 4.57. The Morgan fingerprint density at radius 2 is 2.18 bits per heavy atom. The van der Waals surface area contributed by atoms with Crippen LogP contribution >= 0.6 is 11.6 Å². The van der Waals surface area contributed by atoms with Gasteiger partial charge in [-0.2, -0.15) is 0 Å². The number of carbonyl (C=O) groups is 1. The molecule has 1 aromatic carbocycles. The maximum absolute atomic E-state index is 11.5. The van der Waals surface area contributed by atoms with Crippen LogP contribution in [-0.4, -0.2) is 34.7 Å². The van der Waals surface area contributed by atoms with Gasteiger partial charge in [-0.1, -0.05) is 17.7 Å². The van der Waals surface area contributed by atoms with E-state index in [9.17, 15) is 9.90 Å². The lowest BCUT2D eigenvalue weighted by Crippen LogP contribution is -2.56. The minimum Gasteiger partial charge on any atom is -0.378 e. The van der Waals surface area contributed by atoms with Crippen molar-refractivity contribution in [3.8, 4) is 0 Å². The number of aryl methyl sites for hydroxylation is 1. The molecular weight excluding hydrogens is 302 g/mol. The van der Waals surface area contributed by atoms with Crippen LogP contribution in [0.3, 0.4) is 0 Å². The average Bonchev–Trinajstić information content (AvgIpc) is 2.51. The molecule has 2 aromatic rings. The Kier molecular flexibility index (Phi) is 3.70. The Hall–Kier alpha value is -1.85. The Labute approximate surface area is 133 Å². The summed E-state index contributed by atoms with van der Waals surface area (Å²) in [5.41, 5.74) is 5.70. The molecule has 0 bridgehead atoms. The van der Waals surface area contributed by atoms with Gasteiger partial charge in [0.25, 0.3) is 5.91 Å². The second-order valence-corrected chi connectivity index (χ2v) is 6.26. The van der Waals surface area contributed by atoms with E-state index in [4.69, 9.17) is 17.3 Å². The number of amides is 1. The van der Waals surface area contributed by atoms with Crippen molar-refractivity contribution in [1.82, 2.24) is 4.98 Å². The zero-order valence-corrected chi connectivity index (χ0v) is 13.1. The summed E-state index contributed by atoms with van der Waals surface area (Å²) in [7, 11) is 0. The first-order chi connectivity index (χ1) is 10.4. The molecule has 0 radical (unpaired) electrons. The number of halogens is 1. The van der Waals surface area contributed by atoms with Crippen LogP contribution in [-0.2, 0) is 4.79 Å². The summed E-state index contributed by atoms with van der Waals surface area (Å²) >= 11 is 6.20. The molecule has 6 heteroatoms. The number of pyridine rings is 1. The van der Waals surface area contributed by atoms with Gasteiger partial charge in [-0.15, -0.1) is 0 Å². The van der Waals surface area contributed by atoms with Crippen molar-refractivity contribution < 1.29 is 9.90 Å². The number of rotatable bonds is 2. The molecule has 1 saturated heterocycles. The third-order valence-electron chi connectivity index (χ3n) is 4.24. The SMILES string of the molecule is Cc1ccc(Cl)c2ccc(N3CCC[C@@](O)(C(N)=O)C3)nc12. The molecular formula is C16H18ClN3O2. The van der Waals surface area contributed by atoms with Crippen molar-refractivity contribution in [2.24, 2.45) is 5.73 Å². The number of β-amino-alcohol motifs (C(OH)–C–C–N with tert-alkyl or cyclic N) is 1. The largest absolute Gasteiger partial charge is 0.378 e. The van der Waals surface area contributed by atoms with E-state index in [0.29, 0.717) is 17.9 Å². The quantitative estimate of drug-likeness (QED) is 0.887. The molecule has 116 valence electrons. The smallest absolute Gasteiger partial charge is 0.251 e. The summed E-state index contributed by atoms with van der Waals surface area (Å²) in [6, 6.07) is 7.57. The maximum atomic E-state index is 11.5. The zero-order valence-electron chi connectivity index (χ0n) is 12.3. The van der Waals surface area contributed by atoms with Crippen molar-refractivity contribution in [2.45, 2.75) is 25.4 Å². The van der Waals surface area contributed by atoms with E-state index >= 15 is 0 Å². The van der Waals surface area contributed by atoms with Crippen molar-refractivity contribution in [3.05, 3.63) is 34.9 Å². The average molecular weight is 320 g/mol. The van der Waals surface area contributed by atoms with Gasteiger partial charge in [0.15, 0.2) is 5.60 Å². The number of piperidine rings is 1. The number of carbonyl (C=O) groups excluding carboxylic acids is 1. The molecule has 1 fully saturated rings. The summed E-state index contributed by atoms with van der Waals surface area (Å²) in [5, 5.41) is 11.9. The van der Waals surface area contributed by atoms with Gasteiger partial charge in [0.1, 0.15) is 5.82 Å². The van der Waals surface area contributed by atoms with E-state index in [1.807, 2.05) is 36.1 Å². The van der Waals surface area contributed by atoms with Gasteiger partial charge in [-0.3, -0.25) is 4.79 Å². The predicted octanol–water partition coefficient (Wildman–Crippen LogP) is 2.01. The van der Waals surface area contributed by atoms with E-state index in [-0.39, 0.29) is 6.54 Å². The Bertz CT molecular complexity index is 749. The predicted molar refractivity (Wildman–Crippen MR) is 87.1 cm³/mol. The van der Waals surface area contributed by atoms with Crippen LogP contribution in [0.5, 0.6) is 0 Å². The lowest BCUT2D eigenvalue weighted by Gasteiger charge is -2.37. The van der Waals surface area contributed by atoms with Gasteiger partial charge in [0, 0.05) is 17.0 Å². The molecule has 1 aliphatic rings. The topological polar surface area (TPSA) is 79.5 Å². The van der Waals surface area contributed by atoms with Crippen LogP contribution in [0.4, 0.5) is 5.82 Å². The van der Waals surface area contributed by atoms with Gasteiger partial charge in [0.05, 0.1) is 12.1 Å². The third kappa shape index (κ3) is 2.51. The Balaban J connectivity index is 2.00. The maximum Gasteiger partial charge on any atom is 0.251 e. The molecule has 1 amide bonds. The Morgan fingerprint density at radius 3 is 2.91 bits per heavy atom. The molecule has 5 nitrogen and oxygen atoms in total. The number of primary amides is 1. The molecule has 0 spiro atoms. The highest BCUT2D eigenvalue weighted by molar-refractivity contribution is 6.35. The number of anilines is 1. The summed E-state index contributed by atoms with van der Waals surface area (Å²) in [6.45, 7) is 2.87. The number of fused-ring (bicyclic) bond motifs is 1. The van der Waals surface area contributed by atoms with Crippen LogP contribution in [0.25, 0.3) is 10.9 Å². The summed E-state index contributed by atoms with van der Waals surface area (Å²) in [6.07, 6.45) is 1.07. The minimum absolute atomic E-state index is 0.167. The number of hydrogen-bond donors (Lipinski definition) is 2. The number of nitrogens with zero attached hydrogens (tertiary/aromatic N) is 2. The molecule has 0 unspecified atom stereocenters. The lowest BCUT2D eigenvalue weighted by atomic mass is 9.92. The second kappa shape index (κ2) is 5.41. The monoisotopic (exact) mass is 319 g/mol. The molecule has 0 saturated carbocycles. The highest BCUT2D eigenvalue weighted by Gasteiger charge is 2.39. The van der Waals surface area contributed by atoms with Crippen LogP contribution in [0.2, 0.25) is 5.02 Å². The van der Waals surface area contributed by atoms with Crippen molar-refractivity contribution in [2.75, 3.05) is 18.0 Å². The lowest BCUT2D eigenvalue weighted by molar-refractivity contribution is -0.137. The standard InChI is InChI=1S/C16H18ClN3O2/c1-10-3-5-12(17)11-4-6-13(19-14(10)11)20-8-2-7-16(22,9-20)15(18)21/h3-6,22H,2,7-9H2,1H3,(H2,18,21)/t16-/m0/s1. The highest BCUT2D eigenvalue weighted by Crippen LogP contribution is 2.30. The molecule has 3 rings (SSSR count). The van der Waals surface area contributed by atoms with Gasteiger partial charge < -0.3 is 15.7 Å². The van der Waals surface area contributed by atoms with Crippen LogP contribution in [0.1, 0.15) is 18.4 Å². The zero-order chi connectivity index (χ0) is 15.9.